The summed E-state index contributed by atoms with van der Waals surface area (Å²) >= 11 is 3.38. The zero-order valence-corrected chi connectivity index (χ0v) is 14.0. The van der Waals surface area contributed by atoms with Crippen molar-refractivity contribution in [1.82, 2.24) is 9.80 Å². The van der Waals surface area contributed by atoms with Crippen molar-refractivity contribution in [2.45, 2.75) is 38.3 Å². The van der Waals surface area contributed by atoms with E-state index in [2.05, 4.69) is 27.8 Å². The van der Waals surface area contributed by atoms with Gasteiger partial charge in [-0.05, 0) is 60.4 Å². The number of rotatable bonds is 1. The van der Waals surface area contributed by atoms with Crippen LogP contribution in [0.25, 0.3) is 0 Å². The molecule has 21 heavy (non-hydrogen) atoms. The van der Waals surface area contributed by atoms with E-state index in [-0.39, 0.29) is 11.9 Å². The maximum atomic E-state index is 12.8. The highest BCUT2D eigenvalue weighted by molar-refractivity contribution is 9.10. The van der Waals surface area contributed by atoms with Crippen LogP contribution in [0, 0.1) is 0 Å². The number of benzene rings is 1. The lowest BCUT2D eigenvalue weighted by atomic mass is 9.96. The average Bonchev–Trinajstić information content (AvgIpc) is 2.48. The highest BCUT2D eigenvalue weighted by Gasteiger charge is 2.35. The molecule has 1 amide bonds. The number of anilines is 1. The molecular formula is C16H22BrN3O. The molecule has 114 valence electrons. The van der Waals surface area contributed by atoms with Crippen LogP contribution in [0.4, 0.5) is 5.69 Å². The Morgan fingerprint density at radius 2 is 2.14 bits per heavy atom. The first-order valence-electron chi connectivity index (χ1n) is 7.66. The predicted octanol–water partition coefficient (Wildman–Crippen LogP) is 2.73. The van der Waals surface area contributed by atoms with E-state index in [1.165, 1.54) is 25.8 Å². The molecule has 2 N–H and O–H groups in total. The molecule has 2 saturated heterocycles. The highest BCUT2D eigenvalue weighted by atomic mass is 79.9. The maximum absolute atomic E-state index is 12.8. The number of carbonyl (C=O) groups excluding carboxylic acids is 1. The number of nitrogens with zero attached hydrogens (tertiary/aromatic N) is 2. The Bertz CT molecular complexity index is 548. The third-order valence-corrected chi connectivity index (χ3v) is 5.41. The van der Waals surface area contributed by atoms with Crippen LogP contribution in [0.2, 0.25) is 0 Å². The molecule has 0 saturated carbocycles. The van der Waals surface area contributed by atoms with Crippen molar-refractivity contribution < 1.29 is 4.79 Å². The van der Waals surface area contributed by atoms with E-state index in [9.17, 15) is 4.79 Å². The van der Waals surface area contributed by atoms with Gasteiger partial charge in [0.15, 0.2) is 0 Å². The van der Waals surface area contributed by atoms with Gasteiger partial charge in [-0.3, -0.25) is 9.69 Å². The molecule has 2 fully saturated rings. The topological polar surface area (TPSA) is 49.6 Å². The number of hydrogen-bond donors (Lipinski definition) is 1. The Hall–Kier alpha value is -1.07. The number of piperazine rings is 1. The van der Waals surface area contributed by atoms with E-state index >= 15 is 0 Å². The largest absolute Gasteiger partial charge is 0.398 e. The zero-order chi connectivity index (χ0) is 15.0. The van der Waals surface area contributed by atoms with Crippen molar-refractivity contribution in [2.75, 3.05) is 25.4 Å². The highest BCUT2D eigenvalue weighted by Crippen LogP contribution is 2.26. The van der Waals surface area contributed by atoms with Crippen molar-refractivity contribution in [1.29, 1.82) is 0 Å². The van der Waals surface area contributed by atoms with Gasteiger partial charge in [-0.25, -0.2) is 0 Å². The molecule has 0 bridgehead atoms. The summed E-state index contributed by atoms with van der Waals surface area (Å²) < 4.78 is 0.837. The summed E-state index contributed by atoms with van der Waals surface area (Å²) in [5.74, 6) is 0.104. The minimum atomic E-state index is 0.104. The van der Waals surface area contributed by atoms with Crippen LogP contribution in [-0.2, 0) is 0 Å². The second kappa shape index (κ2) is 5.97. The fourth-order valence-corrected chi connectivity index (χ4v) is 3.72. The van der Waals surface area contributed by atoms with Gasteiger partial charge >= 0.3 is 0 Å². The van der Waals surface area contributed by atoms with E-state index < -0.39 is 0 Å². The normalized spacial score (nSPS) is 26.5. The molecule has 0 aliphatic carbocycles. The van der Waals surface area contributed by atoms with Gasteiger partial charge in [-0.15, -0.1) is 0 Å². The van der Waals surface area contributed by atoms with Gasteiger partial charge in [0.1, 0.15) is 0 Å². The van der Waals surface area contributed by atoms with Crippen LogP contribution >= 0.6 is 15.9 Å². The standard InChI is InChI=1S/C16H22BrN3O/c1-11-9-19-7-3-2-4-13(19)10-20(11)16(21)12-5-6-14(17)15(18)8-12/h5-6,8,11,13H,2-4,7,9-10,18H2,1H3. The second-order valence-electron chi connectivity index (χ2n) is 6.19. The van der Waals surface area contributed by atoms with E-state index in [0.717, 1.165) is 17.6 Å². The van der Waals surface area contributed by atoms with Crippen molar-refractivity contribution in [3.8, 4) is 0 Å². The molecule has 4 nitrogen and oxygen atoms in total. The molecule has 1 aromatic rings. The van der Waals surface area contributed by atoms with Crippen molar-refractivity contribution in [3.63, 3.8) is 0 Å². The summed E-state index contributed by atoms with van der Waals surface area (Å²) in [5, 5.41) is 0. The number of nitrogen functional groups attached to an aromatic ring is 1. The number of piperidine rings is 1. The Labute approximate surface area is 134 Å². The van der Waals surface area contributed by atoms with Gasteiger partial charge < -0.3 is 10.6 Å². The lowest BCUT2D eigenvalue weighted by Crippen LogP contribution is -2.60. The van der Waals surface area contributed by atoms with Crippen LogP contribution in [0.15, 0.2) is 22.7 Å². The SMILES string of the molecule is CC1CN2CCCCC2CN1C(=O)c1ccc(Br)c(N)c1. The number of carbonyl (C=O) groups is 1. The van der Waals surface area contributed by atoms with Crippen LogP contribution in [0.3, 0.4) is 0 Å². The smallest absolute Gasteiger partial charge is 0.254 e. The number of amides is 1. The average molecular weight is 352 g/mol. The fourth-order valence-electron chi connectivity index (χ4n) is 3.48. The molecule has 0 radical (unpaired) electrons. The Kier molecular flexibility index (Phi) is 4.22. The molecule has 0 aromatic heterocycles. The number of nitrogens with two attached hydrogens (primary N) is 1. The molecule has 1 aromatic carbocycles. The summed E-state index contributed by atoms with van der Waals surface area (Å²) in [7, 11) is 0. The zero-order valence-electron chi connectivity index (χ0n) is 12.4. The summed E-state index contributed by atoms with van der Waals surface area (Å²) in [6, 6.07) is 6.27. The lowest BCUT2D eigenvalue weighted by molar-refractivity contribution is 0.0152. The molecule has 2 aliphatic rings. The van der Waals surface area contributed by atoms with Gasteiger partial charge in [0.2, 0.25) is 0 Å². The minimum Gasteiger partial charge on any atom is -0.398 e. The summed E-state index contributed by atoms with van der Waals surface area (Å²) in [4.78, 5) is 17.4. The van der Waals surface area contributed by atoms with Gasteiger partial charge in [-0.2, -0.15) is 0 Å². The number of hydrogen-bond acceptors (Lipinski definition) is 3. The maximum Gasteiger partial charge on any atom is 0.254 e. The van der Waals surface area contributed by atoms with E-state index in [4.69, 9.17) is 5.73 Å². The van der Waals surface area contributed by atoms with Crippen molar-refractivity contribution >= 4 is 27.5 Å². The first-order chi connectivity index (χ1) is 10.1. The monoisotopic (exact) mass is 351 g/mol. The molecule has 0 spiro atoms. The molecule has 2 aliphatic heterocycles. The first-order valence-corrected chi connectivity index (χ1v) is 8.45. The molecule has 3 rings (SSSR count). The quantitative estimate of drug-likeness (QED) is 0.791. The molecule has 5 heteroatoms. The molecule has 2 atom stereocenters. The summed E-state index contributed by atoms with van der Waals surface area (Å²) in [6.07, 6.45) is 3.78. The van der Waals surface area contributed by atoms with Crippen LogP contribution in [0.1, 0.15) is 36.5 Å². The van der Waals surface area contributed by atoms with Crippen LogP contribution in [0.5, 0.6) is 0 Å². The fraction of sp³-hybridized carbons (Fsp3) is 0.562. The summed E-state index contributed by atoms with van der Waals surface area (Å²) in [6.45, 7) is 5.16. The van der Waals surface area contributed by atoms with Crippen LogP contribution in [-0.4, -0.2) is 47.4 Å². The Morgan fingerprint density at radius 1 is 1.33 bits per heavy atom. The van der Waals surface area contributed by atoms with Gasteiger partial charge in [0.05, 0.1) is 0 Å². The van der Waals surface area contributed by atoms with Crippen LogP contribution < -0.4 is 5.73 Å². The van der Waals surface area contributed by atoms with Gasteiger partial charge in [-0.1, -0.05) is 6.42 Å². The first kappa shape index (κ1) is 14.9. The van der Waals surface area contributed by atoms with E-state index in [0.29, 0.717) is 17.3 Å². The van der Waals surface area contributed by atoms with Crippen molar-refractivity contribution in [3.05, 3.63) is 28.2 Å². The van der Waals surface area contributed by atoms with Gasteiger partial charge in [0, 0.05) is 40.9 Å². The number of halogens is 1. The molecular weight excluding hydrogens is 330 g/mol. The third kappa shape index (κ3) is 2.94. The molecule has 2 heterocycles. The van der Waals surface area contributed by atoms with Gasteiger partial charge in [0.25, 0.3) is 5.91 Å². The number of fused-ring (bicyclic) bond motifs is 1. The van der Waals surface area contributed by atoms with E-state index in [1.54, 1.807) is 6.07 Å². The predicted molar refractivity (Wildman–Crippen MR) is 88.3 cm³/mol. The van der Waals surface area contributed by atoms with Crippen molar-refractivity contribution in [2.24, 2.45) is 0 Å². The van der Waals surface area contributed by atoms with E-state index in [1.807, 2.05) is 17.0 Å². The molecule has 2 unspecified atom stereocenters. The third-order valence-electron chi connectivity index (χ3n) is 4.69. The second-order valence-corrected chi connectivity index (χ2v) is 7.04. The minimum absolute atomic E-state index is 0.104. The lowest BCUT2D eigenvalue weighted by Gasteiger charge is -2.47. The Morgan fingerprint density at radius 3 is 2.90 bits per heavy atom. The Balaban J connectivity index is 1.78. The summed E-state index contributed by atoms with van der Waals surface area (Å²) in [5.41, 5.74) is 7.21.